The number of hydrogen-bond donors (Lipinski definition) is 3. The Morgan fingerprint density at radius 3 is 2.62 bits per heavy atom. The molecule has 1 saturated heterocycles. The highest BCUT2D eigenvalue weighted by Crippen LogP contribution is 2.39. The van der Waals surface area contributed by atoms with Crippen LogP contribution in [0.2, 0.25) is 0 Å². The molecule has 0 bridgehead atoms. The molecule has 0 unspecified atom stereocenters. The van der Waals surface area contributed by atoms with Crippen molar-refractivity contribution in [1.29, 1.82) is 0 Å². The Labute approximate surface area is 190 Å². The van der Waals surface area contributed by atoms with Crippen molar-refractivity contribution >= 4 is 23.4 Å². The number of nitrogen functional groups attached to an aromatic ring is 1. The molecule has 0 aliphatic carbocycles. The maximum atomic E-state index is 11.5. The Morgan fingerprint density at radius 1 is 1.09 bits per heavy atom. The molecule has 3 aromatic rings. The molecule has 4 rings (SSSR count). The molecule has 3 atom stereocenters. The van der Waals surface area contributed by atoms with Gasteiger partial charge in [0.05, 0.1) is 24.4 Å². The van der Waals surface area contributed by atoms with Crippen LogP contribution < -0.4 is 5.73 Å². The van der Waals surface area contributed by atoms with Gasteiger partial charge >= 0.3 is 5.97 Å². The molecule has 2 aromatic carbocycles. The number of carboxylic acids is 1. The first-order chi connectivity index (χ1) is 15.5. The van der Waals surface area contributed by atoms with E-state index in [0.717, 1.165) is 16.7 Å². The van der Waals surface area contributed by atoms with Gasteiger partial charge in [-0.3, -0.25) is 0 Å². The second-order valence-corrected chi connectivity index (χ2v) is 8.50. The lowest BCUT2D eigenvalue weighted by molar-refractivity contribution is -0.245. The van der Waals surface area contributed by atoms with Crippen LogP contribution in [0.3, 0.4) is 0 Å². The largest absolute Gasteiger partial charge is 0.478 e. The van der Waals surface area contributed by atoms with Crippen molar-refractivity contribution < 1.29 is 24.5 Å². The van der Waals surface area contributed by atoms with Crippen molar-refractivity contribution in [3.8, 4) is 0 Å². The number of aliphatic hydroxyl groups is 1. The third-order valence-electron chi connectivity index (χ3n) is 5.21. The zero-order valence-corrected chi connectivity index (χ0v) is 18.1. The van der Waals surface area contributed by atoms with E-state index in [1.165, 1.54) is 11.8 Å². The van der Waals surface area contributed by atoms with Gasteiger partial charge in [0, 0.05) is 29.6 Å². The molecule has 8 heteroatoms. The summed E-state index contributed by atoms with van der Waals surface area (Å²) in [5.41, 5.74) is 9.38. The number of aromatic carboxylic acids is 1. The molecule has 2 heterocycles. The quantitative estimate of drug-likeness (QED) is 0.361. The third-order valence-corrected chi connectivity index (χ3v) is 6.34. The van der Waals surface area contributed by atoms with E-state index in [2.05, 4.69) is 4.98 Å². The van der Waals surface area contributed by atoms with Crippen LogP contribution in [0, 0.1) is 0 Å². The Balaban J connectivity index is 1.55. The van der Waals surface area contributed by atoms with Crippen LogP contribution in [0.5, 0.6) is 0 Å². The third kappa shape index (κ3) is 5.28. The number of aromatic nitrogens is 1. The molecule has 1 fully saturated rings. The van der Waals surface area contributed by atoms with Crippen LogP contribution in [-0.2, 0) is 16.1 Å². The molecule has 1 aliphatic rings. The van der Waals surface area contributed by atoms with Gasteiger partial charge in [-0.05, 0) is 35.4 Å². The van der Waals surface area contributed by atoms with Gasteiger partial charge in [0.2, 0.25) is 0 Å². The summed E-state index contributed by atoms with van der Waals surface area (Å²) in [5, 5.41) is 19.2. The van der Waals surface area contributed by atoms with Crippen molar-refractivity contribution in [3.05, 3.63) is 89.1 Å². The zero-order chi connectivity index (χ0) is 22.5. The second-order valence-electron chi connectivity index (χ2n) is 7.49. The van der Waals surface area contributed by atoms with Gasteiger partial charge < -0.3 is 25.4 Å². The number of anilines is 1. The van der Waals surface area contributed by atoms with Crippen LogP contribution in [0.4, 0.5) is 5.69 Å². The Hall–Kier alpha value is -2.91. The summed E-state index contributed by atoms with van der Waals surface area (Å²) in [5.74, 6) is -0.488. The molecule has 7 nitrogen and oxygen atoms in total. The van der Waals surface area contributed by atoms with E-state index >= 15 is 0 Å². The number of ether oxygens (including phenoxy) is 2. The molecule has 166 valence electrons. The number of rotatable bonds is 7. The highest BCUT2D eigenvalue weighted by atomic mass is 32.2. The number of carboxylic acid groups (broad SMARTS) is 1. The van der Waals surface area contributed by atoms with Gasteiger partial charge in [-0.2, -0.15) is 0 Å². The van der Waals surface area contributed by atoms with E-state index in [9.17, 15) is 15.0 Å². The number of thioether (sulfide) groups is 1. The van der Waals surface area contributed by atoms with Gasteiger partial charge in [-0.1, -0.05) is 36.4 Å². The van der Waals surface area contributed by atoms with E-state index < -0.39 is 12.3 Å². The van der Waals surface area contributed by atoms with Crippen molar-refractivity contribution in [2.24, 2.45) is 0 Å². The lowest BCUT2D eigenvalue weighted by Crippen LogP contribution is -2.31. The molecular formula is C24H24N2O5S. The summed E-state index contributed by atoms with van der Waals surface area (Å²) in [6.45, 7) is -0.0178. The highest BCUT2D eigenvalue weighted by Gasteiger charge is 2.32. The minimum atomic E-state index is -1.01. The van der Waals surface area contributed by atoms with Gasteiger partial charge in [-0.15, -0.1) is 11.8 Å². The molecule has 4 N–H and O–H groups in total. The fourth-order valence-corrected chi connectivity index (χ4v) is 4.57. The maximum Gasteiger partial charge on any atom is 0.338 e. The molecule has 0 spiro atoms. The topological polar surface area (TPSA) is 115 Å². The Kier molecular flexibility index (Phi) is 7.06. The summed E-state index contributed by atoms with van der Waals surface area (Å²) in [6, 6.07) is 18.2. The first-order valence-electron chi connectivity index (χ1n) is 10.2. The monoisotopic (exact) mass is 452 g/mol. The van der Waals surface area contributed by atoms with Crippen LogP contribution in [0.25, 0.3) is 0 Å². The number of nitrogens with two attached hydrogens (primary N) is 1. The van der Waals surface area contributed by atoms with Crippen molar-refractivity contribution in [2.75, 3.05) is 11.5 Å². The smallest absolute Gasteiger partial charge is 0.338 e. The Bertz CT molecular complexity index is 1080. The van der Waals surface area contributed by atoms with Crippen molar-refractivity contribution in [3.63, 3.8) is 0 Å². The number of carbonyl (C=O) groups is 1. The average Bonchev–Trinajstić information content (AvgIpc) is 2.82. The number of pyridine rings is 1. The summed E-state index contributed by atoms with van der Waals surface area (Å²) in [4.78, 5) is 15.7. The first kappa shape index (κ1) is 22.3. The predicted molar refractivity (Wildman–Crippen MR) is 121 cm³/mol. The minimum absolute atomic E-state index is 0.0178. The summed E-state index contributed by atoms with van der Waals surface area (Å²) in [7, 11) is 0. The summed E-state index contributed by atoms with van der Waals surface area (Å²) in [6.07, 6.45) is 1.14. The fraction of sp³-hybridized carbons (Fsp3) is 0.250. The van der Waals surface area contributed by atoms with E-state index in [-0.39, 0.29) is 24.4 Å². The normalized spacial score (nSPS) is 20.7. The molecule has 32 heavy (non-hydrogen) atoms. The summed E-state index contributed by atoms with van der Waals surface area (Å²) < 4.78 is 12.5. The lowest BCUT2D eigenvalue weighted by atomic mass is 10.0. The van der Waals surface area contributed by atoms with Crippen LogP contribution in [0.1, 0.15) is 45.9 Å². The average molecular weight is 453 g/mol. The molecule has 0 saturated carbocycles. The SMILES string of the molecule is Nc1cccc([C@H]2O[C@@H](CSc3ncccc3C(=O)O)C[C@@H](c3ccc(CO)cc3)O2)c1. The van der Waals surface area contributed by atoms with Gasteiger partial charge in [0.15, 0.2) is 6.29 Å². The molecule has 0 radical (unpaired) electrons. The van der Waals surface area contributed by atoms with E-state index in [1.54, 1.807) is 24.4 Å². The number of nitrogens with zero attached hydrogens (tertiary/aromatic N) is 1. The van der Waals surface area contributed by atoms with Crippen molar-refractivity contribution in [1.82, 2.24) is 4.98 Å². The fourth-order valence-electron chi connectivity index (χ4n) is 3.57. The van der Waals surface area contributed by atoms with Crippen LogP contribution in [0.15, 0.2) is 71.9 Å². The standard InChI is InChI=1S/C24H24N2O5S/c25-18-4-1-3-17(11-18)24-30-19(14-32-22-20(23(28)29)5-2-10-26-22)12-21(31-24)16-8-6-15(13-27)7-9-16/h1-11,19,21,24,27H,12-14,25H2,(H,28,29)/t19-,21+,24+/m1/s1. The first-order valence-corrected chi connectivity index (χ1v) is 11.2. The van der Waals surface area contributed by atoms with E-state index in [1.807, 2.05) is 42.5 Å². The summed E-state index contributed by atoms with van der Waals surface area (Å²) >= 11 is 1.36. The number of hydrogen-bond acceptors (Lipinski definition) is 7. The molecule has 1 aliphatic heterocycles. The zero-order valence-electron chi connectivity index (χ0n) is 17.3. The molecule has 0 amide bonds. The van der Waals surface area contributed by atoms with Crippen LogP contribution >= 0.6 is 11.8 Å². The number of aliphatic hydroxyl groups excluding tert-OH is 1. The highest BCUT2D eigenvalue weighted by molar-refractivity contribution is 7.99. The van der Waals surface area contributed by atoms with Crippen molar-refractivity contribution in [2.45, 2.75) is 36.6 Å². The Morgan fingerprint density at radius 2 is 1.91 bits per heavy atom. The lowest BCUT2D eigenvalue weighted by Gasteiger charge is -2.36. The van der Waals surface area contributed by atoms with Gasteiger partial charge in [0.25, 0.3) is 0 Å². The van der Waals surface area contributed by atoms with Crippen LogP contribution in [-0.4, -0.2) is 33.0 Å². The number of benzene rings is 2. The second kappa shape index (κ2) is 10.1. The predicted octanol–water partition coefficient (Wildman–Crippen LogP) is 4.19. The van der Waals surface area contributed by atoms with E-state index in [4.69, 9.17) is 15.2 Å². The molecular weight excluding hydrogens is 428 g/mol. The van der Waals surface area contributed by atoms with E-state index in [0.29, 0.717) is 22.9 Å². The maximum absolute atomic E-state index is 11.5. The van der Waals surface area contributed by atoms with Gasteiger partial charge in [0.1, 0.15) is 5.03 Å². The van der Waals surface area contributed by atoms with Gasteiger partial charge in [-0.25, -0.2) is 9.78 Å². The molecule has 1 aromatic heterocycles. The minimum Gasteiger partial charge on any atom is -0.478 e.